The number of allylic oxidation sites excluding steroid dienone is 1. The zero-order valence-corrected chi connectivity index (χ0v) is 18.1. The molecule has 4 aliphatic carbocycles. The van der Waals surface area contributed by atoms with Crippen LogP contribution in [0.25, 0.3) is 0 Å². The van der Waals surface area contributed by atoms with Crippen molar-refractivity contribution in [2.75, 3.05) is 7.11 Å². The lowest BCUT2D eigenvalue weighted by atomic mass is 9.43. The standard InChI is InChI=1S/C24H32O6/c1-22-7-4-14(25)10-13(22)11-15(21(28)29-3)19-16-5-8-24(9-6-18(27)30-24)23(16,2)12-17(26)20(19)22/h10,15-17,19-20,26H,4-9,11-12H2,1-3H3/t15-,16-,17+,19-,20-,22-,23-,24+/m0/s1. The predicted octanol–water partition coefficient (Wildman–Crippen LogP) is 2.96. The van der Waals surface area contributed by atoms with Crippen LogP contribution in [-0.2, 0) is 23.9 Å². The van der Waals surface area contributed by atoms with Crippen molar-refractivity contribution in [2.24, 2.45) is 34.5 Å². The average molecular weight is 417 g/mol. The number of ketones is 1. The molecule has 1 saturated heterocycles. The van der Waals surface area contributed by atoms with E-state index in [1.165, 1.54) is 7.11 Å². The number of fused-ring (bicyclic) bond motifs is 6. The van der Waals surface area contributed by atoms with Crippen LogP contribution in [0.3, 0.4) is 0 Å². The van der Waals surface area contributed by atoms with Crippen LogP contribution in [0.1, 0.15) is 65.2 Å². The second kappa shape index (κ2) is 6.41. The molecule has 1 heterocycles. The van der Waals surface area contributed by atoms with E-state index in [1.54, 1.807) is 6.08 Å². The van der Waals surface area contributed by atoms with Crippen LogP contribution >= 0.6 is 0 Å². The lowest BCUT2D eigenvalue weighted by molar-refractivity contribution is -0.197. The summed E-state index contributed by atoms with van der Waals surface area (Å²) >= 11 is 0. The Morgan fingerprint density at radius 2 is 1.97 bits per heavy atom. The molecule has 0 unspecified atom stereocenters. The van der Waals surface area contributed by atoms with E-state index in [4.69, 9.17) is 9.47 Å². The van der Waals surface area contributed by atoms with Gasteiger partial charge in [0.2, 0.25) is 0 Å². The monoisotopic (exact) mass is 416 g/mol. The summed E-state index contributed by atoms with van der Waals surface area (Å²) in [6.07, 6.45) is 6.21. The number of esters is 2. The number of methoxy groups -OCH3 is 1. The van der Waals surface area contributed by atoms with Gasteiger partial charge in [-0.15, -0.1) is 0 Å². The molecule has 0 bridgehead atoms. The lowest BCUT2D eigenvalue weighted by Crippen LogP contribution is -2.62. The van der Waals surface area contributed by atoms with Crippen molar-refractivity contribution in [3.63, 3.8) is 0 Å². The quantitative estimate of drug-likeness (QED) is 0.661. The fraction of sp³-hybridized carbons (Fsp3) is 0.792. The van der Waals surface area contributed by atoms with Crippen LogP contribution in [0.2, 0.25) is 0 Å². The van der Waals surface area contributed by atoms with Crippen molar-refractivity contribution in [3.8, 4) is 0 Å². The van der Waals surface area contributed by atoms with Crippen molar-refractivity contribution in [1.82, 2.24) is 0 Å². The van der Waals surface area contributed by atoms with Gasteiger partial charge in [0, 0.05) is 18.3 Å². The van der Waals surface area contributed by atoms with Gasteiger partial charge in [0.1, 0.15) is 5.60 Å². The molecule has 30 heavy (non-hydrogen) atoms. The summed E-state index contributed by atoms with van der Waals surface area (Å²) in [5.41, 5.74) is -0.168. The first-order valence-corrected chi connectivity index (χ1v) is 11.4. The van der Waals surface area contributed by atoms with E-state index in [-0.39, 0.29) is 52.2 Å². The van der Waals surface area contributed by atoms with Gasteiger partial charge in [-0.25, -0.2) is 0 Å². The molecule has 8 atom stereocenters. The van der Waals surface area contributed by atoms with Gasteiger partial charge in [-0.1, -0.05) is 19.4 Å². The SMILES string of the molecule is COC(=O)[C@H]1CC2=CC(=O)CC[C@]2(C)[C@@H]2[C@@H]1[C@@H]1CC[C@@]3(CCC(=O)O3)[C@@]1(C)C[C@H]2O. The van der Waals surface area contributed by atoms with Crippen LogP contribution in [-0.4, -0.2) is 41.6 Å². The van der Waals surface area contributed by atoms with Gasteiger partial charge in [0.25, 0.3) is 0 Å². The van der Waals surface area contributed by atoms with Crippen LogP contribution in [0.4, 0.5) is 0 Å². The molecular formula is C24H32O6. The summed E-state index contributed by atoms with van der Waals surface area (Å²) in [6, 6.07) is 0. The summed E-state index contributed by atoms with van der Waals surface area (Å²) in [5.74, 6) is -0.636. The Morgan fingerprint density at radius 3 is 2.63 bits per heavy atom. The third-order valence-electron chi connectivity index (χ3n) is 9.79. The van der Waals surface area contributed by atoms with Gasteiger partial charge in [0.15, 0.2) is 5.78 Å². The Hall–Kier alpha value is -1.69. The van der Waals surface area contributed by atoms with Gasteiger partial charge in [0.05, 0.1) is 19.1 Å². The minimum Gasteiger partial charge on any atom is -0.469 e. The van der Waals surface area contributed by atoms with Crippen molar-refractivity contribution >= 4 is 17.7 Å². The molecule has 1 spiro atoms. The first kappa shape index (κ1) is 20.2. The summed E-state index contributed by atoms with van der Waals surface area (Å²) in [4.78, 5) is 37.2. The highest BCUT2D eigenvalue weighted by molar-refractivity contribution is 5.92. The summed E-state index contributed by atoms with van der Waals surface area (Å²) in [7, 11) is 1.42. The third kappa shape index (κ3) is 2.43. The molecule has 0 aromatic carbocycles. The largest absolute Gasteiger partial charge is 0.469 e. The minimum absolute atomic E-state index is 0.0415. The molecular weight excluding hydrogens is 384 g/mol. The van der Waals surface area contributed by atoms with Crippen molar-refractivity contribution in [3.05, 3.63) is 11.6 Å². The van der Waals surface area contributed by atoms with E-state index < -0.39 is 11.7 Å². The van der Waals surface area contributed by atoms with Gasteiger partial charge in [-0.2, -0.15) is 0 Å². The van der Waals surface area contributed by atoms with Crippen LogP contribution in [0.5, 0.6) is 0 Å². The predicted molar refractivity (Wildman–Crippen MR) is 107 cm³/mol. The number of aliphatic hydroxyl groups is 1. The Kier molecular flexibility index (Phi) is 4.32. The summed E-state index contributed by atoms with van der Waals surface area (Å²) in [5, 5.41) is 11.6. The molecule has 5 rings (SSSR count). The molecule has 0 amide bonds. The zero-order valence-electron chi connectivity index (χ0n) is 18.1. The van der Waals surface area contributed by atoms with E-state index in [9.17, 15) is 19.5 Å². The first-order chi connectivity index (χ1) is 14.1. The number of hydrogen-bond acceptors (Lipinski definition) is 6. The second-order valence-electron chi connectivity index (χ2n) is 10.8. The van der Waals surface area contributed by atoms with Gasteiger partial charge >= 0.3 is 11.9 Å². The third-order valence-corrected chi connectivity index (χ3v) is 9.79. The maximum Gasteiger partial charge on any atom is 0.309 e. The number of aliphatic hydroxyl groups excluding tert-OH is 1. The van der Waals surface area contributed by atoms with Crippen molar-refractivity contribution in [2.45, 2.75) is 76.9 Å². The molecule has 0 aromatic heterocycles. The highest BCUT2D eigenvalue weighted by atomic mass is 16.6. The summed E-state index contributed by atoms with van der Waals surface area (Å²) < 4.78 is 11.2. The maximum absolute atomic E-state index is 12.9. The Balaban J connectivity index is 1.62. The molecule has 6 nitrogen and oxygen atoms in total. The number of rotatable bonds is 1. The Labute approximate surface area is 177 Å². The highest BCUT2D eigenvalue weighted by Crippen LogP contribution is 2.70. The Bertz CT molecular complexity index is 847. The smallest absolute Gasteiger partial charge is 0.309 e. The number of carbonyl (C=O) groups excluding carboxylic acids is 3. The van der Waals surface area contributed by atoms with Crippen LogP contribution < -0.4 is 0 Å². The van der Waals surface area contributed by atoms with E-state index in [1.807, 2.05) is 0 Å². The number of ether oxygens (including phenoxy) is 2. The normalized spacial score (nSPS) is 49.7. The number of carbonyl (C=O) groups is 3. The molecule has 0 aromatic rings. The second-order valence-corrected chi connectivity index (χ2v) is 10.8. The van der Waals surface area contributed by atoms with Crippen LogP contribution in [0.15, 0.2) is 11.6 Å². The topological polar surface area (TPSA) is 89.9 Å². The van der Waals surface area contributed by atoms with Crippen molar-refractivity contribution < 1.29 is 29.0 Å². The molecule has 3 saturated carbocycles. The summed E-state index contributed by atoms with van der Waals surface area (Å²) in [6.45, 7) is 4.33. The Morgan fingerprint density at radius 1 is 1.20 bits per heavy atom. The molecule has 0 radical (unpaired) electrons. The molecule has 6 heteroatoms. The zero-order chi connectivity index (χ0) is 21.5. The van der Waals surface area contributed by atoms with E-state index in [0.29, 0.717) is 38.5 Å². The molecule has 164 valence electrons. The van der Waals surface area contributed by atoms with Gasteiger partial charge in [-0.05, 0) is 67.8 Å². The van der Waals surface area contributed by atoms with Gasteiger partial charge in [-0.3, -0.25) is 14.4 Å². The average Bonchev–Trinajstić information content (AvgIpc) is 3.21. The van der Waals surface area contributed by atoms with Crippen LogP contribution in [0, 0.1) is 34.5 Å². The highest BCUT2D eigenvalue weighted by Gasteiger charge is 2.71. The van der Waals surface area contributed by atoms with E-state index in [2.05, 4.69) is 13.8 Å². The minimum atomic E-state index is -0.611. The fourth-order valence-electron chi connectivity index (χ4n) is 8.35. The lowest BCUT2D eigenvalue weighted by Gasteiger charge is -2.62. The number of hydrogen-bond donors (Lipinski definition) is 1. The van der Waals surface area contributed by atoms with Crippen molar-refractivity contribution in [1.29, 1.82) is 0 Å². The van der Waals surface area contributed by atoms with E-state index >= 15 is 0 Å². The van der Waals surface area contributed by atoms with E-state index in [0.717, 1.165) is 18.4 Å². The first-order valence-electron chi connectivity index (χ1n) is 11.4. The maximum atomic E-state index is 12.9. The molecule has 4 fully saturated rings. The molecule has 5 aliphatic rings. The molecule has 1 aliphatic heterocycles. The molecule has 1 N–H and O–H groups in total. The van der Waals surface area contributed by atoms with Gasteiger partial charge < -0.3 is 14.6 Å². The fourth-order valence-corrected chi connectivity index (χ4v) is 8.35.